The van der Waals surface area contributed by atoms with E-state index in [4.69, 9.17) is 4.74 Å². The van der Waals surface area contributed by atoms with Crippen molar-refractivity contribution in [3.8, 4) is 5.75 Å². The lowest BCUT2D eigenvalue weighted by molar-refractivity contribution is 0.317. The van der Waals surface area contributed by atoms with Crippen molar-refractivity contribution in [2.45, 2.75) is 26.7 Å². The lowest BCUT2D eigenvalue weighted by atomic mass is 10.0. The third kappa shape index (κ3) is 3.88. The summed E-state index contributed by atoms with van der Waals surface area (Å²) in [6.45, 7) is 9.66. The fourth-order valence-corrected chi connectivity index (χ4v) is 2.09. The Balaban J connectivity index is 1.86. The van der Waals surface area contributed by atoms with E-state index in [1.165, 1.54) is 11.1 Å². The van der Waals surface area contributed by atoms with E-state index < -0.39 is 0 Å². The molecule has 0 amide bonds. The van der Waals surface area contributed by atoms with Crippen LogP contribution in [0.2, 0.25) is 0 Å². The van der Waals surface area contributed by atoms with Gasteiger partial charge in [0, 0.05) is 6.54 Å². The summed E-state index contributed by atoms with van der Waals surface area (Å²) < 4.78 is 5.89. The van der Waals surface area contributed by atoms with Crippen LogP contribution >= 0.6 is 0 Å². The number of aryl methyl sites for hydroxylation is 1. The lowest BCUT2D eigenvalue weighted by Crippen LogP contribution is -2.36. The Morgan fingerprint density at radius 2 is 2.26 bits per heavy atom. The molecule has 0 fully saturated rings. The van der Waals surface area contributed by atoms with E-state index in [1.807, 2.05) is 0 Å². The van der Waals surface area contributed by atoms with Crippen LogP contribution in [-0.2, 0) is 0 Å². The molecule has 0 aliphatic carbocycles. The molecule has 1 aliphatic heterocycles. The molecule has 104 valence electrons. The highest BCUT2D eigenvalue weighted by atomic mass is 16.5. The number of hydrogen-bond donors (Lipinski definition) is 2. The summed E-state index contributed by atoms with van der Waals surface area (Å²) in [5.74, 6) is 2.36. The monoisotopic (exact) mass is 261 g/mol. The molecular weight excluding hydrogens is 238 g/mol. The van der Waals surface area contributed by atoms with E-state index in [-0.39, 0.29) is 0 Å². The second-order valence-electron chi connectivity index (χ2n) is 5.13. The van der Waals surface area contributed by atoms with Crippen molar-refractivity contribution in [3.63, 3.8) is 0 Å². The summed E-state index contributed by atoms with van der Waals surface area (Å²) in [6.07, 6.45) is 0. The van der Waals surface area contributed by atoms with E-state index in [0.717, 1.165) is 31.3 Å². The molecule has 0 aromatic heterocycles. The first kappa shape index (κ1) is 13.7. The molecule has 2 N–H and O–H groups in total. The van der Waals surface area contributed by atoms with Crippen LogP contribution < -0.4 is 15.4 Å². The maximum atomic E-state index is 5.89. The predicted octanol–water partition coefficient (Wildman–Crippen LogP) is 2.05. The topological polar surface area (TPSA) is 45.6 Å². The maximum absolute atomic E-state index is 5.89. The number of aliphatic imine (C=N–C) groups is 1. The Hall–Kier alpha value is -1.71. The van der Waals surface area contributed by atoms with Gasteiger partial charge in [0.25, 0.3) is 0 Å². The van der Waals surface area contributed by atoms with Crippen LogP contribution in [0.15, 0.2) is 23.2 Å². The molecule has 1 aromatic rings. The van der Waals surface area contributed by atoms with Gasteiger partial charge in [0.2, 0.25) is 0 Å². The quantitative estimate of drug-likeness (QED) is 0.797. The first-order valence-electron chi connectivity index (χ1n) is 6.92. The van der Waals surface area contributed by atoms with Gasteiger partial charge in [0.05, 0.1) is 13.1 Å². The second-order valence-corrected chi connectivity index (χ2v) is 5.13. The van der Waals surface area contributed by atoms with Crippen molar-refractivity contribution in [1.29, 1.82) is 0 Å². The van der Waals surface area contributed by atoms with Gasteiger partial charge in [0.15, 0.2) is 5.96 Å². The number of nitrogens with one attached hydrogen (secondary N) is 2. The molecule has 0 bridgehead atoms. The predicted molar refractivity (Wildman–Crippen MR) is 79.1 cm³/mol. The Bertz CT molecular complexity index is 455. The number of guanidine groups is 1. The van der Waals surface area contributed by atoms with E-state index in [2.05, 4.69) is 54.6 Å². The molecule has 0 spiro atoms. The molecule has 1 heterocycles. The first-order chi connectivity index (χ1) is 9.16. The normalized spacial score (nSPS) is 14.2. The molecule has 1 aliphatic rings. The molecule has 1 aromatic carbocycles. The zero-order valence-corrected chi connectivity index (χ0v) is 12.0. The Morgan fingerprint density at radius 3 is 2.95 bits per heavy atom. The minimum absolute atomic E-state index is 0.476. The number of benzene rings is 1. The molecule has 4 heteroatoms. The molecule has 4 nitrogen and oxygen atoms in total. The molecule has 0 radical (unpaired) electrons. The summed E-state index contributed by atoms with van der Waals surface area (Å²) in [7, 11) is 0. The van der Waals surface area contributed by atoms with Crippen molar-refractivity contribution in [2.75, 3.05) is 26.2 Å². The van der Waals surface area contributed by atoms with Crippen molar-refractivity contribution in [2.24, 2.45) is 4.99 Å². The summed E-state index contributed by atoms with van der Waals surface area (Å²) in [5, 5.41) is 6.41. The Kier molecular flexibility index (Phi) is 4.66. The van der Waals surface area contributed by atoms with E-state index in [9.17, 15) is 0 Å². The highest BCUT2D eigenvalue weighted by molar-refractivity contribution is 5.81. The van der Waals surface area contributed by atoms with Crippen molar-refractivity contribution >= 4 is 5.96 Å². The van der Waals surface area contributed by atoms with Gasteiger partial charge in [-0.15, -0.1) is 0 Å². The van der Waals surface area contributed by atoms with Crippen LogP contribution in [0.25, 0.3) is 0 Å². The molecule has 0 unspecified atom stereocenters. The molecule has 0 atom stereocenters. The highest BCUT2D eigenvalue weighted by Gasteiger charge is 2.08. The van der Waals surface area contributed by atoms with Gasteiger partial charge in [-0.05, 0) is 30.0 Å². The minimum Gasteiger partial charge on any atom is -0.491 e. The fraction of sp³-hybridized carbons (Fsp3) is 0.533. The summed E-state index contributed by atoms with van der Waals surface area (Å²) in [5.41, 5.74) is 2.50. The molecular formula is C15H23N3O. The second kappa shape index (κ2) is 6.45. The largest absolute Gasteiger partial charge is 0.491 e. The average molecular weight is 261 g/mol. The van der Waals surface area contributed by atoms with Crippen molar-refractivity contribution < 1.29 is 4.74 Å². The van der Waals surface area contributed by atoms with Gasteiger partial charge in [-0.25, -0.2) is 0 Å². The maximum Gasteiger partial charge on any atom is 0.191 e. The van der Waals surface area contributed by atoms with Crippen molar-refractivity contribution in [3.05, 3.63) is 29.3 Å². The Morgan fingerprint density at radius 1 is 1.42 bits per heavy atom. The first-order valence-corrected chi connectivity index (χ1v) is 6.92. The van der Waals surface area contributed by atoms with Gasteiger partial charge >= 0.3 is 0 Å². The van der Waals surface area contributed by atoms with Crippen molar-refractivity contribution in [1.82, 2.24) is 10.6 Å². The SMILES string of the molecule is Cc1ccc(C(C)C)c(OCCNC2=NCCN2)c1. The van der Waals surface area contributed by atoms with Gasteiger partial charge in [-0.1, -0.05) is 26.0 Å². The summed E-state index contributed by atoms with van der Waals surface area (Å²) >= 11 is 0. The Labute approximate surface area is 115 Å². The van der Waals surface area contributed by atoms with Crippen LogP contribution in [-0.4, -0.2) is 32.2 Å². The highest BCUT2D eigenvalue weighted by Crippen LogP contribution is 2.27. The van der Waals surface area contributed by atoms with Gasteiger partial charge in [-0.3, -0.25) is 4.99 Å². The lowest BCUT2D eigenvalue weighted by Gasteiger charge is -2.15. The number of rotatable bonds is 5. The third-order valence-corrected chi connectivity index (χ3v) is 3.12. The number of nitrogens with zero attached hydrogens (tertiary/aromatic N) is 1. The van der Waals surface area contributed by atoms with Crippen LogP contribution in [0.4, 0.5) is 0 Å². The van der Waals surface area contributed by atoms with Gasteiger partial charge in [-0.2, -0.15) is 0 Å². The van der Waals surface area contributed by atoms with Crippen LogP contribution in [0.1, 0.15) is 30.9 Å². The average Bonchev–Trinajstić information content (AvgIpc) is 2.87. The zero-order valence-electron chi connectivity index (χ0n) is 12.0. The standard InChI is InChI=1S/C15H23N3O/c1-11(2)13-5-4-12(3)10-14(13)19-9-8-18-15-16-6-7-17-15/h4-5,10-11H,6-9H2,1-3H3,(H2,16,17,18). The third-order valence-electron chi connectivity index (χ3n) is 3.12. The molecule has 2 rings (SSSR count). The summed E-state index contributed by atoms with van der Waals surface area (Å²) in [4.78, 5) is 4.28. The molecule has 0 saturated heterocycles. The zero-order chi connectivity index (χ0) is 13.7. The van der Waals surface area contributed by atoms with Gasteiger partial charge in [0.1, 0.15) is 12.4 Å². The van der Waals surface area contributed by atoms with E-state index in [1.54, 1.807) is 0 Å². The molecule has 0 saturated carbocycles. The summed E-state index contributed by atoms with van der Waals surface area (Å²) in [6, 6.07) is 6.41. The van der Waals surface area contributed by atoms with Crippen LogP contribution in [0.5, 0.6) is 5.75 Å². The fourth-order valence-electron chi connectivity index (χ4n) is 2.09. The smallest absolute Gasteiger partial charge is 0.191 e. The minimum atomic E-state index is 0.476. The number of hydrogen-bond acceptors (Lipinski definition) is 4. The number of ether oxygens (including phenoxy) is 1. The van der Waals surface area contributed by atoms with E-state index >= 15 is 0 Å². The van der Waals surface area contributed by atoms with Crippen LogP contribution in [0, 0.1) is 6.92 Å². The molecule has 19 heavy (non-hydrogen) atoms. The van der Waals surface area contributed by atoms with E-state index in [0.29, 0.717) is 12.5 Å². The van der Waals surface area contributed by atoms with Crippen LogP contribution in [0.3, 0.4) is 0 Å². The van der Waals surface area contributed by atoms with Gasteiger partial charge < -0.3 is 15.4 Å².